The van der Waals surface area contributed by atoms with Gasteiger partial charge in [0.2, 0.25) is 5.88 Å². The Balaban J connectivity index is 1.15. The van der Waals surface area contributed by atoms with E-state index in [0.29, 0.717) is 47.6 Å². The first-order valence-corrected chi connectivity index (χ1v) is 13.8. The third kappa shape index (κ3) is 5.32. The molecule has 1 aliphatic carbocycles. The van der Waals surface area contributed by atoms with Gasteiger partial charge >= 0.3 is 0 Å². The molecule has 2 atom stereocenters. The molecule has 40 heavy (non-hydrogen) atoms. The van der Waals surface area contributed by atoms with E-state index in [2.05, 4.69) is 27.3 Å². The molecule has 5 heterocycles. The van der Waals surface area contributed by atoms with Crippen LogP contribution in [-0.2, 0) is 6.42 Å². The summed E-state index contributed by atoms with van der Waals surface area (Å²) in [7, 11) is 0. The number of ether oxygens (including phenoxy) is 1. The molecule has 9 heteroatoms. The van der Waals surface area contributed by atoms with Gasteiger partial charge in [0.15, 0.2) is 5.82 Å². The Hall–Kier alpha value is -4.53. The van der Waals surface area contributed by atoms with Crippen LogP contribution in [0.15, 0.2) is 72.7 Å². The van der Waals surface area contributed by atoms with Crippen molar-refractivity contribution in [3.63, 3.8) is 0 Å². The number of piperidine rings is 2. The first kappa shape index (κ1) is 25.7. The maximum absolute atomic E-state index is 8.22. The number of nitrogens with zero attached hydrogens (tertiary/aromatic N) is 5. The number of hydrogen-bond donors (Lipinski definition) is 3. The second-order valence-corrected chi connectivity index (χ2v) is 10.7. The van der Waals surface area contributed by atoms with Crippen molar-refractivity contribution < 1.29 is 4.74 Å². The van der Waals surface area contributed by atoms with Gasteiger partial charge in [0.25, 0.3) is 0 Å². The summed E-state index contributed by atoms with van der Waals surface area (Å²) in [5.74, 6) is 5.03. The number of hydrogen-bond acceptors (Lipinski definition) is 8. The lowest BCUT2D eigenvalue weighted by molar-refractivity contribution is 0.0482. The summed E-state index contributed by atoms with van der Waals surface area (Å²) in [5.41, 5.74) is 9.21. The van der Waals surface area contributed by atoms with Crippen molar-refractivity contribution in [3.05, 3.63) is 78.3 Å². The van der Waals surface area contributed by atoms with E-state index in [9.17, 15) is 0 Å². The van der Waals surface area contributed by atoms with E-state index in [4.69, 9.17) is 30.8 Å². The molecule has 4 N–H and O–H groups in total. The highest BCUT2D eigenvalue weighted by Gasteiger charge is 2.46. The molecule has 204 valence electrons. The average molecular weight is 535 g/mol. The number of nitrogens with two attached hydrogens (primary N) is 1. The molecule has 2 saturated heterocycles. The molecule has 3 fully saturated rings. The normalized spacial score (nSPS) is 20.2. The van der Waals surface area contributed by atoms with E-state index in [1.54, 1.807) is 13.0 Å². The topological polar surface area (TPSA) is 126 Å². The number of benzene rings is 1. The highest BCUT2D eigenvalue weighted by molar-refractivity contribution is 6.06. The van der Waals surface area contributed by atoms with Crippen molar-refractivity contribution in [2.75, 3.05) is 29.9 Å². The third-order valence-electron chi connectivity index (χ3n) is 7.85. The van der Waals surface area contributed by atoms with Gasteiger partial charge in [-0.25, -0.2) is 19.9 Å². The summed E-state index contributed by atoms with van der Waals surface area (Å²) in [6.45, 7) is 6.40. The second kappa shape index (κ2) is 10.9. The molecule has 0 radical (unpaired) electrons. The monoisotopic (exact) mass is 534 g/mol. The van der Waals surface area contributed by atoms with Gasteiger partial charge in [-0.1, -0.05) is 18.2 Å². The van der Waals surface area contributed by atoms with Gasteiger partial charge in [0, 0.05) is 48.2 Å². The van der Waals surface area contributed by atoms with Crippen LogP contribution in [0.25, 0.3) is 22.3 Å². The Labute approximate surface area is 234 Å². The number of rotatable bonds is 8. The highest BCUT2D eigenvalue weighted by atomic mass is 16.5. The van der Waals surface area contributed by atoms with E-state index < -0.39 is 0 Å². The minimum atomic E-state index is 0.170. The summed E-state index contributed by atoms with van der Waals surface area (Å²) >= 11 is 0. The van der Waals surface area contributed by atoms with Crippen LogP contribution in [0.1, 0.15) is 25.8 Å². The Bertz CT molecular complexity index is 1530. The van der Waals surface area contributed by atoms with Gasteiger partial charge in [-0.05, 0) is 80.3 Å². The van der Waals surface area contributed by atoms with Crippen molar-refractivity contribution >= 4 is 28.4 Å². The zero-order valence-electron chi connectivity index (χ0n) is 22.8. The van der Waals surface area contributed by atoms with Crippen LogP contribution in [0.3, 0.4) is 0 Å². The Morgan fingerprint density at radius 3 is 2.60 bits per heavy atom. The van der Waals surface area contributed by atoms with E-state index >= 15 is 0 Å². The van der Waals surface area contributed by atoms with E-state index in [1.165, 1.54) is 12.0 Å². The predicted octanol–water partition coefficient (Wildman–Crippen LogP) is 5.05. The van der Waals surface area contributed by atoms with Gasteiger partial charge in [-0.3, -0.25) is 5.41 Å². The fourth-order valence-electron chi connectivity index (χ4n) is 5.94. The molecule has 2 unspecified atom stereocenters. The van der Waals surface area contributed by atoms with E-state index in [0.717, 1.165) is 41.8 Å². The molecule has 9 nitrogen and oxygen atoms in total. The smallest absolute Gasteiger partial charge is 0.213 e. The zero-order valence-corrected chi connectivity index (χ0v) is 22.8. The van der Waals surface area contributed by atoms with Gasteiger partial charge in [0.05, 0.1) is 12.1 Å². The third-order valence-corrected chi connectivity index (χ3v) is 7.85. The second-order valence-electron chi connectivity index (χ2n) is 10.7. The fraction of sp³-hybridized carbons (Fsp3) is 0.323. The number of para-hydroxylation sites is 1. The number of fused-ring (bicyclic) bond motifs is 3. The van der Waals surface area contributed by atoms with E-state index in [-0.39, 0.29) is 5.84 Å². The number of pyridine rings is 2. The quantitative estimate of drug-likeness (QED) is 0.212. The van der Waals surface area contributed by atoms with Crippen LogP contribution in [0.2, 0.25) is 0 Å². The van der Waals surface area contributed by atoms with Crippen LogP contribution in [0.4, 0.5) is 11.6 Å². The van der Waals surface area contributed by atoms with Gasteiger partial charge in [-0.2, -0.15) is 0 Å². The van der Waals surface area contributed by atoms with Crippen molar-refractivity contribution in [3.8, 4) is 17.3 Å². The van der Waals surface area contributed by atoms with Gasteiger partial charge < -0.3 is 20.7 Å². The number of nitrogens with one attached hydrogen (secondary N) is 2. The number of anilines is 2. The highest BCUT2D eigenvalue weighted by Crippen LogP contribution is 2.47. The first-order valence-electron chi connectivity index (χ1n) is 13.8. The summed E-state index contributed by atoms with van der Waals surface area (Å²) in [6, 6.07) is 16.0. The maximum atomic E-state index is 8.22. The number of allylic oxidation sites excluding steroid dienone is 1. The standard InChI is InChI=1S/C31H34N8O/c1-3-40-29-11-8-20(15-35-29)13-25-22-14-23(25)18-39(17-22)28-10-9-21(16-34-28)30-36-26-7-5-4-6-24(26)31(38-30)37-27(33)12-19(2)32/h4-12,15-16,22-23,25H,3,13-14,17-18,32H2,1-2H3,(H2,33,36,37,38)/b19-12-. The van der Waals surface area contributed by atoms with Gasteiger partial charge in [0.1, 0.15) is 17.5 Å². The van der Waals surface area contributed by atoms with Crippen LogP contribution < -0.4 is 20.7 Å². The minimum Gasteiger partial charge on any atom is -0.478 e. The summed E-state index contributed by atoms with van der Waals surface area (Å²) in [6.07, 6.45) is 7.74. The van der Waals surface area contributed by atoms with Crippen LogP contribution in [0, 0.1) is 23.2 Å². The average Bonchev–Trinajstić information content (AvgIpc) is 2.96. The van der Waals surface area contributed by atoms with Crippen molar-refractivity contribution in [2.45, 2.75) is 26.7 Å². The summed E-state index contributed by atoms with van der Waals surface area (Å²) in [5, 5.41) is 12.1. The Morgan fingerprint density at radius 1 is 1.07 bits per heavy atom. The zero-order chi connectivity index (χ0) is 27.6. The Morgan fingerprint density at radius 2 is 1.90 bits per heavy atom. The molecule has 0 amide bonds. The molecule has 3 aromatic heterocycles. The molecule has 0 spiro atoms. The van der Waals surface area contributed by atoms with E-state index in [1.807, 2.05) is 55.7 Å². The predicted molar refractivity (Wildman–Crippen MR) is 158 cm³/mol. The fourth-order valence-corrected chi connectivity index (χ4v) is 5.94. The maximum Gasteiger partial charge on any atom is 0.213 e. The molecule has 2 aliphatic heterocycles. The molecule has 3 aliphatic rings. The van der Waals surface area contributed by atoms with Crippen LogP contribution in [0.5, 0.6) is 5.88 Å². The summed E-state index contributed by atoms with van der Waals surface area (Å²) < 4.78 is 5.48. The largest absolute Gasteiger partial charge is 0.478 e. The van der Waals surface area contributed by atoms with Gasteiger partial charge in [-0.15, -0.1) is 0 Å². The number of aromatic nitrogens is 4. The van der Waals surface area contributed by atoms with Crippen LogP contribution in [-0.4, -0.2) is 45.5 Å². The SMILES string of the molecule is CCOc1ccc(CC2C3CC2CN(c2ccc(-c4nc(NC(=N)/C=C(/C)N)c5ccccc5n4)cn2)C3)cn1. The molecular formula is C31H34N8O. The molecule has 4 aromatic rings. The Kier molecular flexibility index (Phi) is 7.02. The first-order chi connectivity index (χ1) is 19.5. The molecular weight excluding hydrogens is 500 g/mol. The molecule has 1 aromatic carbocycles. The molecule has 7 rings (SSSR count). The van der Waals surface area contributed by atoms with Crippen molar-refractivity contribution in [1.82, 2.24) is 19.9 Å². The lowest BCUT2D eigenvalue weighted by atomic mass is 9.60. The van der Waals surface area contributed by atoms with Crippen molar-refractivity contribution in [2.24, 2.45) is 23.5 Å². The molecule has 1 saturated carbocycles. The lowest BCUT2D eigenvalue weighted by Gasteiger charge is -2.54. The van der Waals surface area contributed by atoms with Crippen molar-refractivity contribution in [1.29, 1.82) is 5.41 Å². The van der Waals surface area contributed by atoms with Crippen LogP contribution >= 0.6 is 0 Å². The lowest BCUT2D eigenvalue weighted by Crippen LogP contribution is -2.56. The minimum absolute atomic E-state index is 0.170. The summed E-state index contributed by atoms with van der Waals surface area (Å²) in [4.78, 5) is 21.2. The molecule has 2 bridgehead atoms. The number of amidine groups is 1.